The first-order chi connectivity index (χ1) is 11.1. The average molecular weight is 329 g/mol. The Kier molecular flexibility index (Phi) is 4.63. The van der Waals surface area contributed by atoms with E-state index in [4.69, 9.17) is 11.6 Å². The van der Waals surface area contributed by atoms with Gasteiger partial charge in [0.1, 0.15) is 0 Å². The van der Waals surface area contributed by atoms with Gasteiger partial charge in [0.15, 0.2) is 0 Å². The molecule has 1 saturated carbocycles. The highest BCUT2D eigenvalue weighted by atomic mass is 35.5. The molecule has 2 aromatic rings. The molecule has 4 nitrogen and oxygen atoms in total. The molecule has 2 amide bonds. The van der Waals surface area contributed by atoms with E-state index in [2.05, 4.69) is 10.6 Å². The molecular weight excluding hydrogens is 312 g/mol. The van der Waals surface area contributed by atoms with Crippen molar-refractivity contribution < 1.29 is 9.59 Å². The minimum atomic E-state index is -0.216. The molecule has 0 atom stereocenters. The third-order valence-corrected chi connectivity index (χ3v) is 3.84. The molecule has 0 heterocycles. The van der Waals surface area contributed by atoms with Crippen LogP contribution in [0.15, 0.2) is 48.5 Å². The number of benzene rings is 2. The lowest BCUT2D eigenvalue weighted by molar-refractivity contribution is -0.120. The molecule has 1 aliphatic rings. The third-order valence-electron chi connectivity index (χ3n) is 3.61. The largest absolute Gasteiger partial charge is 0.353 e. The van der Waals surface area contributed by atoms with Gasteiger partial charge in [-0.2, -0.15) is 0 Å². The van der Waals surface area contributed by atoms with E-state index in [1.54, 1.807) is 36.4 Å². The Balaban J connectivity index is 1.58. The smallest absolute Gasteiger partial charge is 0.255 e. The van der Waals surface area contributed by atoms with Crippen LogP contribution in [0.1, 0.15) is 28.8 Å². The topological polar surface area (TPSA) is 58.2 Å². The normalized spacial score (nSPS) is 13.4. The number of rotatable bonds is 5. The van der Waals surface area contributed by atoms with Crippen LogP contribution in [0.2, 0.25) is 5.02 Å². The van der Waals surface area contributed by atoms with Gasteiger partial charge in [-0.3, -0.25) is 9.59 Å². The van der Waals surface area contributed by atoms with Gasteiger partial charge in [-0.1, -0.05) is 29.8 Å². The number of halogens is 1. The van der Waals surface area contributed by atoms with Gasteiger partial charge >= 0.3 is 0 Å². The predicted molar refractivity (Wildman–Crippen MR) is 90.7 cm³/mol. The summed E-state index contributed by atoms with van der Waals surface area (Å²) in [5, 5.41) is 6.29. The zero-order valence-electron chi connectivity index (χ0n) is 12.5. The molecule has 0 aromatic heterocycles. The zero-order valence-corrected chi connectivity index (χ0v) is 13.3. The van der Waals surface area contributed by atoms with Crippen LogP contribution in [0.25, 0.3) is 0 Å². The number of anilines is 1. The first-order valence-corrected chi connectivity index (χ1v) is 7.93. The summed E-state index contributed by atoms with van der Waals surface area (Å²) in [6.45, 7) is 0. The SMILES string of the molecule is O=C(Cc1ccc(NC(=O)c2cccc(Cl)c2)cc1)NC1CC1. The van der Waals surface area contributed by atoms with Crippen molar-refractivity contribution in [2.45, 2.75) is 25.3 Å². The van der Waals surface area contributed by atoms with Crippen molar-refractivity contribution in [3.63, 3.8) is 0 Å². The van der Waals surface area contributed by atoms with Crippen LogP contribution in [0.4, 0.5) is 5.69 Å². The van der Waals surface area contributed by atoms with E-state index in [1.165, 1.54) is 0 Å². The highest BCUT2D eigenvalue weighted by molar-refractivity contribution is 6.31. The van der Waals surface area contributed by atoms with Gasteiger partial charge in [0.2, 0.25) is 5.91 Å². The molecule has 1 fully saturated rings. The molecule has 1 aliphatic carbocycles. The zero-order chi connectivity index (χ0) is 16.2. The number of hydrogen-bond donors (Lipinski definition) is 2. The van der Waals surface area contributed by atoms with Gasteiger partial charge in [0, 0.05) is 22.3 Å². The fourth-order valence-electron chi connectivity index (χ4n) is 2.23. The minimum Gasteiger partial charge on any atom is -0.353 e. The Hall–Kier alpha value is -2.33. The van der Waals surface area contributed by atoms with E-state index >= 15 is 0 Å². The number of carbonyl (C=O) groups is 2. The molecule has 3 rings (SSSR count). The Morgan fingerprint density at radius 1 is 1.09 bits per heavy atom. The van der Waals surface area contributed by atoms with Crippen molar-refractivity contribution in [1.29, 1.82) is 0 Å². The lowest BCUT2D eigenvalue weighted by Gasteiger charge is -2.07. The summed E-state index contributed by atoms with van der Waals surface area (Å²) >= 11 is 5.88. The van der Waals surface area contributed by atoms with E-state index in [-0.39, 0.29) is 11.8 Å². The summed E-state index contributed by atoms with van der Waals surface area (Å²) in [5.74, 6) is -0.171. The molecule has 2 N–H and O–H groups in total. The Morgan fingerprint density at radius 2 is 1.83 bits per heavy atom. The van der Waals surface area contributed by atoms with Crippen LogP contribution >= 0.6 is 11.6 Å². The van der Waals surface area contributed by atoms with Crippen molar-refractivity contribution in [1.82, 2.24) is 5.32 Å². The predicted octanol–water partition coefficient (Wildman–Crippen LogP) is 3.41. The van der Waals surface area contributed by atoms with Gasteiger partial charge in [-0.05, 0) is 48.7 Å². The summed E-state index contributed by atoms with van der Waals surface area (Å²) in [6, 6.07) is 14.4. The first-order valence-electron chi connectivity index (χ1n) is 7.55. The minimum absolute atomic E-state index is 0.0446. The highest BCUT2D eigenvalue weighted by Crippen LogP contribution is 2.19. The quantitative estimate of drug-likeness (QED) is 0.883. The highest BCUT2D eigenvalue weighted by Gasteiger charge is 2.23. The molecule has 118 valence electrons. The van der Waals surface area contributed by atoms with Crippen LogP contribution in [0.5, 0.6) is 0 Å². The Morgan fingerprint density at radius 3 is 2.48 bits per heavy atom. The number of carbonyl (C=O) groups excluding carboxylic acids is 2. The van der Waals surface area contributed by atoms with Crippen LogP contribution < -0.4 is 10.6 Å². The molecule has 0 bridgehead atoms. The van der Waals surface area contributed by atoms with E-state index in [1.807, 2.05) is 12.1 Å². The van der Waals surface area contributed by atoms with Gasteiger partial charge in [-0.15, -0.1) is 0 Å². The lowest BCUT2D eigenvalue weighted by atomic mass is 10.1. The first kappa shape index (κ1) is 15.6. The van der Waals surface area contributed by atoms with E-state index in [0.717, 1.165) is 18.4 Å². The molecule has 5 heteroatoms. The summed E-state index contributed by atoms with van der Waals surface area (Å²) in [4.78, 5) is 23.9. The van der Waals surface area contributed by atoms with Gasteiger partial charge in [-0.25, -0.2) is 0 Å². The van der Waals surface area contributed by atoms with Crippen LogP contribution in [0.3, 0.4) is 0 Å². The number of amides is 2. The second kappa shape index (κ2) is 6.84. The summed E-state index contributed by atoms with van der Waals surface area (Å²) < 4.78 is 0. The van der Waals surface area contributed by atoms with Crippen LogP contribution in [-0.4, -0.2) is 17.9 Å². The van der Waals surface area contributed by atoms with E-state index in [9.17, 15) is 9.59 Å². The summed E-state index contributed by atoms with van der Waals surface area (Å²) in [7, 11) is 0. The summed E-state index contributed by atoms with van der Waals surface area (Å²) in [5.41, 5.74) is 2.11. The Bertz CT molecular complexity index is 724. The molecule has 0 spiro atoms. The van der Waals surface area contributed by atoms with Crippen LogP contribution in [-0.2, 0) is 11.2 Å². The summed E-state index contributed by atoms with van der Waals surface area (Å²) in [6.07, 6.45) is 2.53. The maximum Gasteiger partial charge on any atom is 0.255 e. The lowest BCUT2D eigenvalue weighted by Crippen LogP contribution is -2.26. The maximum absolute atomic E-state index is 12.1. The van der Waals surface area contributed by atoms with Gasteiger partial charge in [0.05, 0.1) is 6.42 Å². The van der Waals surface area contributed by atoms with Crippen molar-refractivity contribution in [3.8, 4) is 0 Å². The average Bonchev–Trinajstić information content (AvgIpc) is 3.33. The van der Waals surface area contributed by atoms with Crippen molar-refractivity contribution in [3.05, 3.63) is 64.7 Å². The molecular formula is C18H17ClN2O2. The molecule has 23 heavy (non-hydrogen) atoms. The Labute approximate surface area is 139 Å². The van der Waals surface area contributed by atoms with Gasteiger partial charge in [0.25, 0.3) is 5.91 Å². The monoisotopic (exact) mass is 328 g/mol. The second-order valence-corrected chi connectivity index (χ2v) is 6.12. The molecule has 0 aliphatic heterocycles. The van der Waals surface area contributed by atoms with E-state index in [0.29, 0.717) is 28.7 Å². The fraction of sp³-hybridized carbons (Fsp3) is 0.222. The number of nitrogens with one attached hydrogen (secondary N) is 2. The standard InChI is InChI=1S/C18H17ClN2O2/c19-14-3-1-2-13(11-14)18(23)21-16-6-4-12(5-7-16)10-17(22)20-15-8-9-15/h1-7,11,15H,8-10H2,(H,20,22)(H,21,23). The molecule has 2 aromatic carbocycles. The molecule has 0 radical (unpaired) electrons. The maximum atomic E-state index is 12.1. The molecule has 0 saturated heterocycles. The molecule has 0 unspecified atom stereocenters. The van der Waals surface area contributed by atoms with Crippen molar-refractivity contribution >= 4 is 29.1 Å². The van der Waals surface area contributed by atoms with Gasteiger partial charge < -0.3 is 10.6 Å². The second-order valence-electron chi connectivity index (χ2n) is 5.68. The van der Waals surface area contributed by atoms with Crippen LogP contribution in [0, 0.1) is 0 Å². The third kappa shape index (κ3) is 4.57. The van der Waals surface area contributed by atoms with E-state index < -0.39 is 0 Å². The van der Waals surface area contributed by atoms with Crippen molar-refractivity contribution in [2.24, 2.45) is 0 Å². The number of hydrogen-bond acceptors (Lipinski definition) is 2. The fourth-order valence-corrected chi connectivity index (χ4v) is 2.42. The van der Waals surface area contributed by atoms with Crippen molar-refractivity contribution in [2.75, 3.05) is 5.32 Å².